The van der Waals surface area contributed by atoms with Crippen LogP contribution >= 0.6 is 11.3 Å². The van der Waals surface area contributed by atoms with Gasteiger partial charge in [-0.25, -0.2) is 4.98 Å². The predicted molar refractivity (Wildman–Crippen MR) is 159 cm³/mol. The van der Waals surface area contributed by atoms with E-state index >= 15 is 0 Å². The maximum atomic E-state index is 13.5. The molecule has 212 valence electrons. The van der Waals surface area contributed by atoms with E-state index < -0.39 is 11.7 Å². The minimum atomic E-state index is -4.42. The molecule has 1 aromatic heterocycles. The van der Waals surface area contributed by atoms with Crippen LogP contribution in [0.2, 0.25) is 0 Å². The minimum absolute atomic E-state index is 0.128. The molecule has 0 atom stereocenters. The number of halogens is 3. The van der Waals surface area contributed by atoms with E-state index in [1.807, 2.05) is 42.5 Å². The Balaban J connectivity index is 1.11. The van der Waals surface area contributed by atoms with Gasteiger partial charge in [0.05, 0.1) is 10.6 Å². The molecule has 0 unspecified atom stereocenters. The second kappa shape index (κ2) is 11.4. The average molecular weight is 586 g/mol. The van der Waals surface area contributed by atoms with E-state index in [2.05, 4.69) is 10.3 Å². The number of rotatable bonds is 5. The lowest BCUT2D eigenvalue weighted by molar-refractivity contribution is -0.137. The van der Waals surface area contributed by atoms with Crippen molar-refractivity contribution in [2.24, 2.45) is 0 Å². The van der Waals surface area contributed by atoms with E-state index in [4.69, 9.17) is 0 Å². The average Bonchev–Trinajstić information content (AvgIpc) is 3.51. The van der Waals surface area contributed by atoms with E-state index in [1.54, 1.807) is 34.5 Å². The highest BCUT2D eigenvalue weighted by Crippen LogP contribution is 2.34. The van der Waals surface area contributed by atoms with Crippen molar-refractivity contribution < 1.29 is 22.8 Å². The van der Waals surface area contributed by atoms with Gasteiger partial charge in [0.25, 0.3) is 11.8 Å². The van der Waals surface area contributed by atoms with Crippen molar-refractivity contribution in [3.8, 4) is 11.1 Å². The number of nitrogens with one attached hydrogen (secondary N) is 1. The molecule has 5 aromatic rings. The van der Waals surface area contributed by atoms with Gasteiger partial charge in [-0.05, 0) is 53.6 Å². The van der Waals surface area contributed by atoms with Crippen molar-refractivity contribution in [3.05, 3.63) is 118 Å². The van der Waals surface area contributed by atoms with Crippen molar-refractivity contribution in [2.45, 2.75) is 24.9 Å². The largest absolute Gasteiger partial charge is 0.416 e. The molecular formula is C33H26F3N3O2S. The first-order valence-electron chi connectivity index (χ1n) is 13.6. The van der Waals surface area contributed by atoms with Gasteiger partial charge in [-0.3, -0.25) is 9.59 Å². The summed E-state index contributed by atoms with van der Waals surface area (Å²) in [5.41, 5.74) is 1.98. The Morgan fingerprint density at radius 2 is 1.55 bits per heavy atom. The summed E-state index contributed by atoms with van der Waals surface area (Å²) < 4.78 is 39.1. The lowest BCUT2D eigenvalue weighted by Gasteiger charge is -2.31. The smallest absolute Gasteiger partial charge is 0.339 e. The van der Waals surface area contributed by atoms with Crippen LogP contribution in [0.4, 0.5) is 18.9 Å². The number of amides is 2. The van der Waals surface area contributed by atoms with Crippen LogP contribution in [-0.2, 0) is 6.18 Å². The number of hydrogen-bond donors (Lipinski definition) is 1. The maximum absolute atomic E-state index is 13.5. The third-order valence-corrected chi connectivity index (χ3v) is 8.61. The maximum Gasteiger partial charge on any atom is 0.416 e. The highest BCUT2D eigenvalue weighted by Gasteiger charge is 2.31. The molecule has 0 radical (unpaired) electrons. The number of alkyl halides is 3. The number of fused-ring (bicyclic) bond motifs is 1. The van der Waals surface area contributed by atoms with Gasteiger partial charge < -0.3 is 10.2 Å². The summed E-state index contributed by atoms with van der Waals surface area (Å²) in [6.45, 7) is 1.03. The summed E-state index contributed by atoms with van der Waals surface area (Å²) in [5, 5.41) is 7.62. The highest BCUT2D eigenvalue weighted by molar-refractivity contribution is 7.10. The van der Waals surface area contributed by atoms with Crippen LogP contribution in [0.5, 0.6) is 0 Å². The Kier molecular flexibility index (Phi) is 7.51. The second-order valence-electron chi connectivity index (χ2n) is 10.2. The Morgan fingerprint density at radius 3 is 2.31 bits per heavy atom. The Labute approximate surface area is 244 Å². The fraction of sp³-hybridized carbons (Fsp3) is 0.182. The molecular weight excluding hydrogens is 559 g/mol. The van der Waals surface area contributed by atoms with Gasteiger partial charge in [-0.1, -0.05) is 66.7 Å². The quantitative estimate of drug-likeness (QED) is 0.226. The number of hydrogen-bond acceptors (Lipinski definition) is 4. The zero-order chi connectivity index (χ0) is 29.3. The summed E-state index contributed by atoms with van der Waals surface area (Å²) in [4.78, 5) is 32.9. The number of nitrogens with zero attached hydrogens (tertiary/aromatic N) is 2. The van der Waals surface area contributed by atoms with Crippen LogP contribution in [0.15, 0.2) is 96.4 Å². The first-order valence-corrected chi connectivity index (χ1v) is 14.5. The molecule has 2 heterocycles. The van der Waals surface area contributed by atoms with Crippen LogP contribution < -0.4 is 5.32 Å². The molecule has 6 rings (SSSR count). The minimum Gasteiger partial charge on any atom is -0.339 e. The van der Waals surface area contributed by atoms with Crippen molar-refractivity contribution in [1.29, 1.82) is 0 Å². The Morgan fingerprint density at radius 1 is 0.857 bits per heavy atom. The lowest BCUT2D eigenvalue weighted by atomic mass is 9.94. The normalized spacial score (nSPS) is 14.2. The fourth-order valence-corrected chi connectivity index (χ4v) is 6.33. The van der Waals surface area contributed by atoms with Crippen LogP contribution in [0.3, 0.4) is 0 Å². The van der Waals surface area contributed by atoms with Crippen LogP contribution in [-0.4, -0.2) is 34.8 Å². The number of carbonyl (C=O) groups is 2. The number of piperidine rings is 1. The van der Waals surface area contributed by atoms with E-state index in [9.17, 15) is 22.8 Å². The Bertz CT molecular complexity index is 1750. The lowest BCUT2D eigenvalue weighted by Crippen LogP contribution is -2.38. The zero-order valence-electron chi connectivity index (χ0n) is 22.4. The predicted octanol–water partition coefficient (Wildman–Crippen LogP) is 8.25. The van der Waals surface area contributed by atoms with E-state index in [0.29, 0.717) is 48.3 Å². The molecule has 0 spiro atoms. The summed E-state index contributed by atoms with van der Waals surface area (Å²) in [5.74, 6) is -0.289. The third-order valence-electron chi connectivity index (χ3n) is 7.60. The van der Waals surface area contributed by atoms with Gasteiger partial charge in [-0.2, -0.15) is 13.2 Å². The monoisotopic (exact) mass is 585 g/mol. The number of carbonyl (C=O) groups excluding carboxylic acids is 2. The molecule has 1 N–H and O–H groups in total. The van der Waals surface area contributed by atoms with E-state index in [-0.39, 0.29) is 17.7 Å². The molecule has 0 bridgehead atoms. The first kappa shape index (κ1) is 27.7. The van der Waals surface area contributed by atoms with Crippen LogP contribution in [0, 0.1) is 0 Å². The van der Waals surface area contributed by atoms with E-state index in [1.165, 1.54) is 23.5 Å². The van der Waals surface area contributed by atoms with Crippen molar-refractivity contribution in [3.63, 3.8) is 0 Å². The zero-order valence-corrected chi connectivity index (χ0v) is 23.2. The second-order valence-corrected chi connectivity index (χ2v) is 11.1. The molecule has 0 aliphatic carbocycles. The molecule has 1 fully saturated rings. The van der Waals surface area contributed by atoms with Gasteiger partial charge in [0.1, 0.15) is 5.69 Å². The molecule has 1 aliphatic rings. The Hall–Kier alpha value is -4.50. The summed E-state index contributed by atoms with van der Waals surface area (Å²) in [7, 11) is 0. The van der Waals surface area contributed by atoms with Gasteiger partial charge in [-0.15, -0.1) is 11.3 Å². The number of anilines is 1. The molecule has 0 saturated carbocycles. The molecule has 2 amide bonds. The summed E-state index contributed by atoms with van der Waals surface area (Å²) in [6, 6.07) is 25.5. The standard InChI is InChI=1S/C33H26F3N3O2S/c34-33(35,36)24-14-12-22(13-15-24)25-8-3-4-10-27(25)32(41)39-18-16-23(17-19-39)31-38-29(20-42-31)30(40)37-28-11-5-7-21-6-1-2-9-26(21)28/h1-15,20,23H,16-19H2,(H,37,40). The molecule has 4 aromatic carbocycles. The summed E-state index contributed by atoms with van der Waals surface area (Å²) in [6.07, 6.45) is -3.02. The van der Waals surface area contributed by atoms with E-state index in [0.717, 1.165) is 33.6 Å². The van der Waals surface area contributed by atoms with Crippen molar-refractivity contribution in [2.75, 3.05) is 18.4 Å². The topological polar surface area (TPSA) is 62.3 Å². The number of likely N-dealkylation sites (tertiary alicyclic amines) is 1. The molecule has 1 saturated heterocycles. The first-order chi connectivity index (χ1) is 20.3. The number of thiazole rings is 1. The highest BCUT2D eigenvalue weighted by atomic mass is 32.1. The van der Waals surface area contributed by atoms with Gasteiger partial charge in [0.2, 0.25) is 0 Å². The van der Waals surface area contributed by atoms with Gasteiger partial charge >= 0.3 is 6.18 Å². The van der Waals surface area contributed by atoms with Gasteiger partial charge in [0, 0.05) is 41.0 Å². The SMILES string of the molecule is O=C(Nc1cccc2ccccc12)c1csc(C2CCN(C(=O)c3ccccc3-c3ccc(C(F)(F)F)cc3)CC2)n1. The molecule has 42 heavy (non-hydrogen) atoms. The van der Waals surface area contributed by atoms with Crippen molar-refractivity contribution >= 4 is 39.6 Å². The third kappa shape index (κ3) is 5.65. The summed E-state index contributed by atoms with van der Waals surface area (Å²) >= 11 is 1.45. The fourth-order valence-electron chi connectivity index (χ4n) is 5.36. The number of aromatic nitrogens is 1. The van der Waals surface area contributed by atoms with Crippen LogP contribution in [0.25, 0.3) is 21.9 Å². The van der Waals surface area contributed by atoms with Crippen molar-refractivity contribution in [1.82, 2.24) is 9.88 Å². The number of benzene rings is 4. The molecule has 1 aliphatic heterocycles. The molecule has 5 nitrogen and oxygen atoms in total. The van der Waals surface area contributed by atoms with Crippen LogP contribution in [0.1, 0.15) is 50.2 Å². The molecule has 9 heteroatoms. The van der Waals surface area contributed by atoms with Gasteiger partial charge in [0.15, 0.2) is 0 Å².